The van der Waals surface area contributed by atoms with Crippen LogP contribution < -0.4 is 20.1 Å². The van der Waals surface area contributed by atoms with E-state index >= 15 is 0 Å². The summed E-state index contributed by atoms with van der Waals surface area (Å²) in [5, 5.41) is 15.5. The van der Waals surface area contributed by atoms with Gasteiger partial charge in [0.05, 0.1) is 12.8 Å². The summed E-state index contributed by atoms with van der Waals surface area (Å²) in [5.74, 6) is 1.86. The molecule has 1 amide bonds. The first kappa shape index (κ1) is 25.3. The van der Waals surface area contributed by atoms with Crippen LogP contribution in [0.25, 0.3) is 11.3 Å². The Bertz CT molecular complexity index is 1180. The van der Waals surface area contributed by atoms with Crippen LogP contribution in [0.3, 0.4) is 0 Å². The van der Waals surface area contributed by atoms with Gasteiger partial charge in [-0.15, -0.1) is 0 Å². The van der Waals surface area contributed by atoms with Gasteiger partial charge in [0.25, 0.3) is 5.91 Å². The van der Waals surface area contributed by atoms with Crippen molar-refractivity contribution in [2.45, 2.75) is 32.1 Å². The predicted molar refractivity (Wildman–Crippen MR) is 136 cm³/mol. The van der Waals surface area contributed by atoms with Crippen LogP contribution in [0, 0.1) is 0 Å². The number of nitrogens with zero attached hydrogens (tertiary/aromatic N) is 4. The summed E-state index contributed by atoms with van der Waals surface area (Å²) in [6, 6.07) is 11.1. The number of hydrogen-bond donors (Lipinski definition) is 3. The molecule has 0 bridgehead atoms. The summed E-state index contributed by atoms with van der Waals surface area (Å²) in [6.45, 7) is 5.81. The molecule has 0 radical (unpaired) electrons. The minimum absolute atomic E-state index is 0.0356. The molecule has 3 aromatic rings. The maximum Gasteiger partial charge on any atom is 0.251 e. The lowest BCUT2D eigenvalue weighted by Gasteiger charge is -2.40. The van der Waals surface area contributed by atoms with E-state index in [2.05, 4.69) is 32.5 Å². The summed E-state index contributed by atoms with van der Waals surface area (Å²) >= 11 is 0. The van der Waals surface area contributed by atoms with Crippen LogP contribution in [-0.4, -0.2) is 77.0 Å². The van der Waals surface area contributed by atoms with E-state index < -0.39 is 6.23 Å². The molecule has 2 aromatic heterocycles. The molecule has 2 atom stereocenters. The van der Waals surface area contributed by atoms with Crippen LogP contribution >= 0.6 is 0 Å². The summed E-state index contributed by atoms with van der Waals surface area (Å²) in [7, 11) is 3.20. The number of rotatable bonds is 10. The van der Waals surface area contributed by atoms with Crippen molar-refractivity contribution in [2.24, 2.45) is 0 Å². The van der Waals surface area contributed by atoms with Crippen molar-refractivity contribution in [2.75, 3.05) is 39.1 Å². The molecule has 1 aliphatic heterocycles. The first-order valence-electron chi connectivity index (χ1n) is 11.9. The molecule has 0 aliphatic carbocycles. The number of pyridine rings is 1. The van der Waals surface area contributed by atoms with Crippen LogP contribution in [-0.2, 0) is 0 Å². The largest absolute Gasteiger partial charge is 0.496 e. The Hall–Kier alpha value is -3.76. The molecule has 0 saturated carbocycles. The van der Waals surface area contributed by atoms with Gasteiger partial charge in [-0.25, -0.2) is 15.0 Å². The molecule has 3 heterocycles. The third-order valence-corrected chi connectivity index (χ3v) is 6.23. The Labute approximate surface area is 210 Å². The Morgan fingerprint density at radius 1 is 1.17 bits per heavy atom. The normalized spacial score (nSPS) is 15.5. The van der Waals surface area contributed by atoms with Gasteiger partial charge in [-0.3, -0.25) is 9.69 Å². The van der Waals surface area contributed by atoms with Gasteiger partial charge in [0.1, 0.15) is 30.2 Å². The zero-order valence-electron chi connectivity index (χ0n) is 20.9. The highest BCUT2D eigenvalue weighted by molar-refractivity contribution is 5.94. The van der Waals surface area contributed by atoms with Crippen molar-refractivity contribution in [3.63, 3.8) is 0 Å². The smallest absolute Gasteiger partial charge is 0.251 e. The second-order valence-corrected chi connectivity index (χ2v) is 8.82. The molecule has 1 saturated heterocycles. The monoisotopic (exact) mass is 492 g/mol. The fourth-order valence-corrected chi connectivity index (χ4v) is 4.00. The number of carbonyl (C=O) groups excluding carboxylic acids is 1. The number of nitrogens with one attached hydrogen (secondary N) is 2. The molecule has 190 valence electrons. The van der Waals surface area contributed by atoms with Crippen molar-refractivity contribution in [3.8, 4) is 22.9 Å². The fourth-order valence-electron chi connectivity index (χ4n) is 4.00. The minimum atomic E-state index is -0.458. The van der Waals surface area contributed by atoms with Crippen LogP contribution in [0.4, 0.5) is 5.82 Å². The fraction of sp³-hybridized carbons (Fsp3) is 0.385. The SMILES string of the molecule is CNC(=O)c1ccc(C(C)CNc2cc(-c3ccc(OC4CN(C(C)O)C4)nc3)ncn2)c(OC)c1. The van der Waals surface area contributed by atoms with Gasteiger partial charge >= 0.3 is 0 Å². The van der Waals surface area contributed by atoms with Crippen molar-refractivity contribution < 1.29 is 19.4 Å². The van der Waals surface area contributed by atoms with Gasteiger partial charge in [0.15, 0.2) is 0 Å². The Morgan fingerprint density at radius 2 is 1.97 bits per heavy atom. The number of carbonyl (C=O) groups is 1. The zero-order valence-corrected chi connectivity index (χ0v) is 20.9. The van der Waals surface area contributed by atoms with Crippen LogP contribution in [0.1, 0.15) is 35.7 Å². The molecule has 2 unspecified atom stereocenters. The van der Waals surface area contributed by atoms with Gasteiger partial charge in [-0.2, -0.15) is 0 Å². The van der Waals surface area contributed by atoms with Crippen molar-refractivity contribution in [1.82, 2.24) is 25.2 Å². The number of likely N-dealkylation sites (tertiary alicyclic amines) is 1. The van der Waals surface area contributed by atoms with E-state index in [9.17, 15) is 9.90 Å². The first-order valence-corrected chi connectivity index (χ1v) is 11.9. The summed E-state index contributed by atoms with van der Waals surface area (Å²) in [5.41, 5.74) is 3.15. The van der Waals surface area contributed by atoms with Crippen LogP contribution in [0.15, 0.2) is 48.9 Å². The maximum atomic E-state index is 11.9. The summed E-state index contributed by atoms with van der Waals surface area (Å²) in [6.07, 6.45) is 2.83. The average Bonchev–Trinajstić information content (AvgIpc) is 2.88. The number of benzene rings is 1. The van der Waals surface area contributed by atoms with E-state index in [1.165, 1.54) is 6.33 Å². The number of aliphatic hydroxyl groups excluding tert-OH is 1. The molecular formula is C26H32N6O4. The topological polar surface area (TPSA) is 122 Å². The molecule has 10 heteroatoms. The third kappa shape index (κ3) is 5.89. The highest BCUT2D eigenvalue weighted by Crippen LogP contribution is 2.28. The Balaban J connectivity index is 1.36. The lowest BCUT2D eigenvalue weighted by Crippen LogP contribution is -2.57. The minimum Gasteiger partial charge on any atom is -0.496 e. The number of ether oxygens (including phenoxy) is 2. The molecule has 3 N–H and O–H groups in total. The number of anilines is 1. The number of amides is 1. The highest BCUT2D eigenvalue weighted by Gasteiger charge is 2.31. The zero-order chi connectivity index (χ0) is 25.7. The lowest BCUT2D eigenvalue weighted by molar-refractivity contribution is -0.0816. The predicted octanol–water partition coefficient (Wildman–Crippen LogP) is 2.52. The van der Waals surface area contributed by atoms with Crippen molar-refractivity contribution >= 4 is 11.7 Å². The van der Waals surface area contributed by atoms with Crippen molar-refractivity contribution in [3.05, 3.63) is 60.0 Å². The molecule has 10 nitrogen and oxygen atoms in total. The molecule has 1 fully saturated rings. The van der Waals surface area contributed by atoms with E-state index in [0.717, 1.165) is 16.8 Å². The van der Waals surface area contributed by atoms with E-state index in [1.807, 2.05) is 29.2 Å². The molecule has 1 aromatic carbocycles. The van der Waals surface area contributed by atoms with Gasteiger partial charge < -0.3 is 25.2 Å². The summed E-state index contributed by atoms with van der Waals surface area (Å²) in [4.78, 5) is 27.0. The quantitative estimate of drug-likeness (QED) is 0.392. The molecule has 0 spiro atoms. The van der Waals surface area contributed by atoms with E-state index in [4.69, 9.17) is 9.47 Å². The molecule has 1 aliphatic rings. The summed E-state index contributed by atoms with van der Waals surface area (Å²) < 4.78 is 11.4. The highest BCUT2D eigenvalue weighted by atomic mass is 16.5. The van der Waals surface area contributed by atoms with Crippen LogP contribution in [0.5, 0.6) is 11.6 Å². The Morgan fingerprint density at radius 3 is 2.64 bits per heavy atom. The van der Waals surface area contributed by atoms with Crippen LogP contribution in [0.2, 0.25) is 0 Å². The van der Waals surface area contributed by atoms with E-state index in [-0.39, 0.29) is 17.9 Å². The van der Waals surface area contributed by atoms with E-state index in [1.54, 1.807) is 39.4 Å². The van der Waals surface area contributed by atoms with Gasteiger partial charge in [-0.05, 0) is 30.7 Å². The lowest BCUT2D eigenvalue weighted by atomic mass is 9.98. The van der Waals surface area contributed by atoms with Gasteiger partial charge in [0, 0.05) is 62.1 Å². The molecule has 36 heavy (non-hydrogen) atoms. The van der Waals surface area contributed by atoms with Crippen molar-refractivity contribution in [1.29, 1.82) is 0 Å². The Kier molecular flexibility index (Phi) is 7.97. The number of hydrogen-bond acceptors (Lipinski definition) is 9. The average molecular weight is 493 g/mol. The number of aliphatic hydroxyl groups is 1. The third-order valence-electron chi connectivity index (χ3n) is 6.23. The standard InChI is InChI=1S/C26H32N6O4/c1-16(21-7-5-18(26(34)27-3)9-23(21)35-4)11-28-24-10-22(30-15-31-24)19-6-8-25(29-12-19)36-20-13-32(14-20)17(2)33/h5-10,12,15-17,20,33H,11,13-14H2,1-4H3,(H,27,34)(H,28,30,31). The second-order valence-electron chi connectivity index (χ2n) is 8.82. The number of aromatic nitrogens is 3. The molecule has 4 rings (SSSR count). The van der Waals surface area contributed by atoms with Gasteiger partial charge in [-0.1, -0.05) is 13.0 Å². The number of methoxy groups -OCH3 is 1. The maximum absolute atomic E-state index is 11.9. The second kappa shape index (κ2) is 11.3. The molecular weight excluding hydrogens is 460 g/mol. The van der Waals surface area contributed by atoms with Gasteiger partial charge in [0.2, 0.25) is 5.88 Å². The first-order chi connectivity index (χ1) is 17.4. The van der Waals surface area contributed by atoms with E-state index in [0.29, 0.717) is 42.6 Å².